The molecule has 0 aliphatic carbocycles. The predicted molar refractivity (Wildman–Crippen MR) is 45.7 cm³/mol. The lowest BCUT2D eigenvalue weighted by Gasteiger charge is -2.10. The van der Waals surface area contributed by atoms with E-state index in [0.29, 0.717) is 6.54 Å². The van der Waals surface area contributed by atoms with Gasteiger partial charge in [-0.2, -0.15) is 0 Å². The van der Waals surface area contributed by atoms with E-state index in [1.807, 2.05) is 12.8 Å². The fraction of sp³-hybridized carbons (Fsp3) is 0.556. The average molecular weight is 181 g/mol. The summed E-state index contributed by atoms with van der Waals surface area (Å²) in [6, 6.07) is 0. The zero-order chi connectivity index (χ0) is 10.0. The Bertz CT molecular complexity index is 279. The van der Waals surface area contributed by atoms with Gasteiger partial charge in [0.05, 0.1) is 5.92 Å². The van der Waals surface area contributed by atoms with Gasteiger partial charge in [-0.15, -0.1) is 6.42 Å². The van der Waals surface area contributed by atoms with E-state index in [0.717, 1.165) is 0 Å². The molecule has 70 valence electrons. The summed E-state index contributed by atoms with van der Waals surface area (Å²) < 4.78 is 0. The minimum Gasteiger partial charge on any atom is -0.481 e. The second-order valence-corrected chi connectivity index (χ2v) is 3.28. The molecule has 1 fully saturated rings. The van der Waals surface area contributed by atoms with E-state index in [1.165, 1.54) is 4.90 Å². The number of hydrogen-bond donors (Lipinski definition) is 1. The largest absolute Gasteiger partial charge is 0.481 e. The number of aliphatic carboxylic acids is 1. The van der Waals surface area contributed by atoms with Gasteiger partial charge in [0.15, 0.2) is 0 Å². The van der Waals surface area contributed by atoms with Gasteiger partial charge in [-0.1, -0.05) is 6.92 Å². The van der Waals surface area contributed by atoms with Crippen molar-refractivity contribution in [3.8, 4) is 12.3 Å². The van der Waals surface area contributed by atoms with Crippen molar-refractivity contribution in [3.63, 3.8) is 0 Å². The van der Waals surface area contributed by atoms with Crippen molar-refractivity contribution in [2.24, 2.45) is 11.8 Å². The summed E-state index contributed by atoms with van der Waals surface area (Å²) in [5.74, 6) is 0.206. The zero-order valence-electron chi connectivity index (χ0n) is 7.36. The number of rotatable bonds is 1. The first kappa shape index (κ1) is 9.59. The van der Waals surface area contributed by atoms with Gasteiger partial charge in [0.2, 0.25) is 0 Å². The van der Waals surface area contributed by atoms with Crippen molar-refractivity contribution < 1.29 is 14.7 Å². The van der Waals surface area contributed by atoms with Crippen molar-refractivity contribution in [2.45, 2.75) is 6.92 Å². The SMILES string of the molecule is C#CC(=O)N1CC(C)C(C(=O)O)C1. The van der Waals surface area contributed by atoms with Gasteiger partial charge in [0.1, 0.15) is 0 Å². The number of carboxylic acids is 1. The number of amides is 1. The van der Waals surface area contributed by atoms with E-state index in [-0.39, 0.29) is 12.5 Å². The first-order valence-electron chi connectivity index (χ1n) is 4.04. The monoisotopic (exact) mass is 181 g/mol. The lowest BCUT2D eigenvalue weighted by atomic mass is 9.99. The van der Waals surface area contributed by atoms with Crippen molar-refractivity contribution in [1.82, 2.24) is 4.90 Å². The molecule has 4 heteroatoms. The summed E-state index contributed by atoms with van der Waals surface area (Å²) in [7, 11) is 0. The molecule has 0 spiro atoms. The van der Waals surface area contributed by atoms with Gasteiger partial charge in [0.25, 0.3) is 5.91 Å². The van der Waals surface area contributed by atoms with Crippen LogP contribution in [0.2, 0.25) is 0 Å². The molecule has 1 saturated heterocycles. The van der Waals surface area contributed by atoms with E-state index >= 15 is 0 Å². The Morgan fingerprint density at radius 1 is 1.54 bits per heavy atom. The third kappa shape index (κ3) is 1.81. The number of nitrogens with zero attached hydrogens (tertiary/aromatic N) is 1. The Labute approximate surface area is 76.5 Å². The standard InChI is InChI=1S/C9H11NO3/c1-3-8(11)10-4-6(2)7(5-10)9(12)13/h1,6-7H,4-5H2,2H3,(H,12,13). The molecule has 1 aliphatic rings. The molecule has 0 aromatic heterocycles. The Hall–Kier alpha value is -1.50. The molecule has 2 atom stereocenters. The van der Waals surface area contributed by atoms with Crippen LogP contribution >= 0.6 is 0 Å². The molecular formula is C9H11NO3. The van der Waals surface area contributed by atoms with Crippen LogP contribution in [0.1, 0.15) is 6.92 Å². The van der Waals surface area contributed by atoms with E-state index in [2.05, 4.69) is 0 Å². The number of terminal acetylenes is 1. The van der Waals surface area contributed by atoms with Crippen LogP contribution in [0.3, 0.4) is 0 Å². The Balaban J connectivity index is 2.66. The zero-order valence-corrected chi connectivity index (χ0v) is 7.36. The highest BCUT2D eigenvalue weighted by Gasteiger charge is 2.36. The van der Waals surface area contributed by atoms with Crippen molar-refractivity contribution in [3.05, 3.63) is 0 Å². The van der Waals surface area contributed by atoms with Crippen molar-refractivity contribution in [2.75, 3.05) is 13.1 Å². The summed E-state index contributed by atoms with van der Waals surface area (Å²) >= 11 is 0. The predicted octanol–water partition coefficient (Wildman–Crippen LogP) is -0.201. The molecule has 1 N–H and O–H groups in total. The highest BCUT2D eigenvalue weighted by atomic mass is 16.4. The van der Waals surface area contributed by atoms with Crippen LogP contribution < -0.4 is 0 Å². The summed E-state index contributed by atoms with van der Waals surface area (Å²) in [5, 5.41) is 8.77. The van der Waals surface area contributed by atoms with E-state index < -0.39 is 17.8 Å². The molecule has 13 heavy (non-hydrogen) atoms. The minimum atomic E-state index is -0.861. The van der Waals surface area contributed by atoms with Gasteiger partial charge in [-0.05, 0) is 11.8 Å². The lowest BCUT2D eigenvalue weighted by Crippen LogP contribution is -2.28. The van der Waals surface area contributed by atoms with Crippen molar-refractivity contribution >= 4 is 11.9 Å². The molecule has 1 aliphatic heterocycles. The maximum atomic E-state index is 11.0. The quantitative estimate of drug-likeness (QED) is 0.570. The molecule has 0 bridgehead atoms. The third-order valence-electron chi connectivity index (χ3n) is 2.34. The summed E-state index contributed by atoms with van der Waals surface area (Å²) in [5.41, 5.74) is 0. The van der Waals surface area contributed by atoms with Crippen LogP contribution in [0.5, 0.6) is 0 Å². The molecule has 4 nitrogen and oxygen atoms in total. The molecule has 0 aromatic carbocycles. The fourth-order valence-electron chi connectivity index (χ4n) is 1.55. The van der Waals surface area contributed by atoms with Crippen LogP contribution in [0.4, 0.5) is 0 Å². The Morgan fingerprint density at radius 2 is 2.15 bits per heavy atom. The summed E-state index contributed by atoms with van der Waals surface area (Å²) in [6.07, 6.45) is 4.93. The summed E-state index contributed by atoms with van der Waals surface area (Å²) in [4.78, 5) is 23.1. The molecular weight excluding hydrogens is 170 g/mol. The highest BCUT2D eigenvalue weighted by Crippen LogP contribution is 2.22. The second kappa shape index (κ2) is 3.48. The first-order chi connectivity index (χ1) is 6.06. The molecule has 0 aromatic rings. The Morgan fingerprint density at radius 3 is 2.54 bits per heavy atom. The number of carboxylic acid groups (broad SMARTS) is 1. The smallest absolute Gasteiger partial charge is 0.308 e. The van der Waals surface area contributed by atoms with Gasteiger partial charge < -0.3 is 10.0 Å². The fourth-order valence-corrected chi connectivity index (χ4v) is 1.55. The van der Waals surface area contributed by atoms with Crippen LogP contribution in [0.15, 0.2) is 0 Å². The second-order valence-electron chi connectivity index (χ2n) is 3.28. The third-order valence-corrected chi connectivity index (χ3v) is 2.34. The minimum absolute atomic E-state index is 0.0187. The first-order valence-corrected chi connectivity index (χ1v) is 4.04. The molecule has 1 heterocycles. The molecule has 0 saturated carbocycles. The molecule has 1 amide bonds. The van der Waals surface area contributed by atoms with Crippen LogP contribution in [0.25, 0.3) is 0 Å². The van der Waals surface area contributed by atoms with Crippen LogP contribution in [-0.4, -0.2) is 35.0 Å². The number of carbonyl (C=O) groups excluding carboxylic acids is 1. The van der Waals surface area contributed by atoms with Crippen molar-refractivity contribution in [1.29, 1.82) is 0 Å². The highest BCUT2D eigenvalue weighted by molar-refractivity contribution is 5.93. The summed E-state index contributed by atoms with van der Waals surface area (Å²) in [6.45, 7) is 2.49. The number of carbonyl (C=O) groups is 2. The number of hydrogen-bond acceptors (Lipinski definition) is 2. The lowest BCUT2D eigenvalue weighted by molar-refractivity contribution is -0.142. The maximum Gasteiger partial charge on any atom is 0.308 e. The maximum absolute atomic E-state index is 11.0. The van der Waals surface area contributed by atoms with E-state index in [4.69, 9.17) is 11.5 Å². The van der Waals surface area contributed by atoms with E-state index in [1.54, 1.807) is 0 Å². The Kier molecular flexibility index (Phi) is 2.57. The van der Waals surface area contributed by atoms with E-state index in [9.17, 15) is 9.59 Å². The topological polar surface area (TPSA) is 57.6 Å². The van der Waals surface area contributed by atoms with Gasteiger partial charge in [0, 0.05) is 13.1 Å². The van der Waals surface area contributed by atoms with Crippen LogP contribution in [-0.2, 0) is 9.59 Å². The van der Waals surface area contributed by atoms with Gasteiger partial charge in [-0.3, -0.25) is 9.59 Å². The molecule has 1 rings (SSSR count). The normalized spacial score (nSPS) is 26.9. The molecule has 2 unspecified atom stereocenters. The molecule has 0 radical (unpaired) electrons. The van der Waals surface area contributed by atoms with Crippen LogP contribution in [0, 0.1) is 24.2 Å². The number of likely N-dealkylation sites (tertiary alicyclic amines) is 1. The van der Waals surface area contributed by atoms with Gasteiger partial charge in [-0.25, -0.2) is 0 Å². The van der Waals surface area contributed by atoms with Gasteiger partial charge >= 0.3 is 5.97 Å². The average Bonchev–Trinajstić information content (AvgIpc) is 2.46.